The minimum Gasteiger partial charge on any atom is -0.375 e. The SMILES string of the molecule is Cn1ncc2c(=O)[nH]c(CN3CCC(OC4CCCCC4)CC3)nc21. The zero-order valence-electron chi connectivity index (χ0n) is 14.9. The Morgan fingerprint density at radius 3 is 2.64 bits per heavy atom. The van der Waals surface area contributed by atoms with Crippen molar-refractivity contribution in [1.29, 1.82) is 0 Å². The Morgan fingerprint density at radius 2 is 1.88 bits per heavy atom. The average molecular weight is 345 g/mol. The molecule has 2 fully saturated rings. The van der Waals surface area contributed by atoms with Crippen molar-refractivity contribution >= 4 is 11.0 Å². The summed E-state index contributed by atoms with van der Waals surface area (Å²) in [4.78, 5) is 22.0. The largest absolute Gasteiger partial charge is 0.375 e. The summed E-state index contributed by atoms with van der Waals surface area (Å²) in [6, 6.07) is 0. The van der Waals surface area contributed by atoms with Crippen LogP contribution >= 0.6 is 0 Å². The highest BCUT2D eigenvalue weighted by Gasteiger charge is 2.24. The number of hydrogen-bond donors (Lipinski definition) is 1. The maximum absolute atomic E-state index is 12.1. The lowest BCUT2D eigenvalue weighted by molar-refractivity contribution is -0.0567. The molecule has 0 aromatic carbocycles. The Labute approximate surface area is 147 Å². The van der Waals surface area contributed by atoms with E-state index in [1.54, 1.807) is 10.9 Å². The Morgan fingerprint density at radius 1 is 1.16 bits per heavy atom. The van der Waals surface area contributed by atoms with Crippen LogP contribution in [0.4, 0.5) is 0 Å². The van der Waals surface area contributed by atoms with E-state index in [9.17, 15) is 4.79 Å². The fourth-order valence-electron chi connectivity index (χ4n) is 4.04. The fourth-order valence-corrected chi connectivity index (χ4v) is 4.04. The molecule has 7 heteroatoms. The van der Waals surface area contributed by atoms with Crippen molar-refractivity contribution in [3.05, 3.63) is 22.4 Å². The lowest BCUT2D eigenvalue weighted by Gasteiger charge is -2.34. The molecule has 25 heavy (non-hydrogen) atoms. The van der Waals surface area contributed by atoms with Crippen LogP contribution < -0.4 is 5.56 Å². The van der Waals surface area contributed by atoms with Crippen molar-refractivity contribution in [2.45, 2.75) is 63.7 Å². The van der Waals surface area contributed by atoms with E-state index >= 15 is 0 Å². The number of ether oxygens (including phenoxy) is 1. The van der Waals surface area contributed by atoms with Gasteiger partial charge >= 0.3 is 0 Å². The molecule has 3 heterocycles. The molecular formula is C18H27N5O2. The van der Waals surface area contributed by atoms with Gasteiger partial charge in [-0.05, 0) is 25.7 Å². The minimum atomic E-state index is -0.108. The first-order valence-electron chi connectivity index (χ1n) is 9.48. The predicted octanol–water partition coefficient (Wildman–Crippen LogP) is 1.97. The summed E-state index contributed by atoms with van der Waals surface area (Å²) in [6.45, 7) is 2.65. The van der Waals surface area contributed by atoms with Crippen molar-refractivity contribution in [3.63, 3.8) is 0 Å². The van der Waals surface area contributed by atoms with E-state index in [0.717, 1.165) is 25.9 Å². The molecule has 0 unspecified atom stereocenters. The lowest BCUT2D eigenvalue weighted by Crippen LogP contribution is -2.39. The minimum absolute atomic E-state index is 0.108. The van der Waals surface area contributed by atoms with E-state index in [0.29, 0.717) is 35.6 Å². The van der Waals surface area contributed by atoms with Gasteiger partial charge in [0.15, 0.2) is 5.65 Å². The van der Waals surface area contributed by atoms with Gasteiger partial charge in [-0.15, -0.1) is 0 Å². The van der Waals surface area contributed by atoms with E-state index in [1.165, 1.54) is 32.1 Å². The molecule has 1 saturated heterocycles. The van der Waals surface area contributed by atoms with Gasteiger partial charge in [0.25, 0.3) is 5.56 Å². The van der Waals surface area contributed by atoms with Crippen molar-refractivity contribution in [2.24, 2.45) is 7.05 Å². The first kappa shape index (κ1) is 16.7. The third kappa shape index (κ3) is 3.77. The molecule has 1 N–H and O–H groups in total. The standard InChI is InChI=1S/C18H27N5O2/c1-22-17-15(11-19-22)18(24)21-16(20-17)12-23-9-7-14(8-10-23)25-13-5-3-2-4-6-13/h11,13-14H,2-10,12H2,1H3,(H,20,21,24). The van der Waals surface area contributed by atoms with Gasteiger partial charge < -0.3 is 9.72 Å². The summed E-state index contributed by atoms with van der Waals surface area (Å²) in [5.41, 5.74) is 0.540. The summed E-state index contributed by atoms with van der Waals surface area (Å²) >= 11 is 0. The van der Waals surface area contributed by atoms with E-state index in [1.807, 2.05) is 7.05 Å². The van der Waals surface area contributed by atoms with Crippen molar-refractivity contribution in [3.8, 4) is 0 Å². The van der Waals surface area contributed by atoms with Crippen LogP contribution in [0.15, 0.2) is 11.0 Å². The molecule has 7 nitrogen and oxygen atoms in total. The number of aromatic nitrogens is 4. The fraction of sp³-hybridized carbons (Fsp3) is 0.722. The molecule has 2 aromatic rings. The summed E-state index contributed by atoms with van der Waals surface area (Å²) in [5, 5.41) is 4.66. The van der Waals surface area contributed by atoms with Gasteiger partial charge in [0.1, 0.15) is 11.2 Å². The average Bonchev–Trinajstić information content (AvgIpc) is 2.99. The number of hydrogen-bond acceptors (Lipinski definition) is 5. The second-order valence-electron chi connectivity index (χ2n) is 7.39. The van der Waals surface area contributed by atoms with Crippen molar-refractivity contribution in [2.75, 3.05) is 13.1 Å². The first-order valence-corrected chi connectivity index (χ1v) is 9.48. The van der Waals surface area contributed by atoms with Crippen LogP contribution in [-0.4, -0.2) is 49.9 Å². The number of likely N-dealkylation sites (tertiary alicyclic amines) is 1. The van der Waals surface area contributed by atoms with E-state index in [2.05, 4.69) is 20.0 Å². The monoisotopic (exact) mass is 345 g/mol. The molecule has 0 radical (unpaired) electrons. The van der Waals surface area contributed by atoms with Crippen LogP contribution in [0.1, 0.15) is 50.8 Å². The van der Waals surface area contributed by atoms with Crippen molar-refractivity contribution in [1.82, 2.24) is 24.6 Å². The Hall–Kier alpha value is -1.73. The molecule has 4 rings (SSSR count). The quantitative estimate of drug-likeness (QED) is 0.917. The zero-order valence-corrected chi connectivity index (χ0v) is 14.9. The zero-order chi connectivity index (χ0) is 17.2. The first-order chi connectivity index (χ1) is 12.2. The Balaban J connectivity index is 1.34. The van der Waals surface area contributed by atoms with Crippen molar-refractivity contribution < 1.29 is 4.74 Å². The van der Waals surface area contributed by atoms with Crippen LogP contribution in [0.2, 0.25) is 0 Å². The summed E-state index contributed by atoms with van der Waals surface area (Å²) < 4.78 is 7.95. The second-order valence-corrected chi connectivity index (χ2v) is 7.39. The number of aryl methyl sites for hydroxylation is 1. The molecule has 136 valence electrons. The molecule has 0 amide bonds. The maximum atomic E-state index is 12.1. The summed E-state index contributed by atoms with van der Waals surface area (Å²) in [7, 11) is 1.81. The van der Waals surface area contributed by atoms with Crippen LogP contribution in [0.3, 0.4) is 0 Å². The molecule has 1 aliphatic heterocycles. The van der Waals surface area contributed by atoms with Gasteiger partial charge in [0, 0.05) is 20.1 Å². The topological polar surface area (TPSA) is 76.0 Å². The number of fused-ring (bicyclic) bond motifs is 1. The van der Waals surface area contributed by atoms with Gasteiger partial charge in [0.2, 0.25) is 0 Å². The molecule has 2 aromatic heterocycles. The van der Waals surface area contributed by atoms with Gasteiger partial charge in [-0.1, -0.05) is 19.3 Å². The Kier molecular flexibility index (Phi) is 4.85. The highest BCUT2D eigenvalue weighted by atomic mass is 16.5. The summed E-state index contributed by atoms with van der Waals surface area (Å²) in [5.74, 6) is 0.716. The summed E-state index contributed by atoms with van der Waals surface area (Å²) in [6.07, 6.45) is 11.0. The van der Waals surface area contributed by atoms with Crippen LogP contribution in [0, 0.1) is 0 Å². The Bertz CT molecular complexity index is 769. The smallest absolute Gasteiger partial charge is 0.262 e. The van der Waals surface area contributed by atoms with Gasteiger partial charge in [-0.25, -0.2) is 4.98 Å². The predicted molar refractivity (Wildman–Crippen MR) is 95.4 cm³/mol. The highest BCUT2D eigenvalue weighted by molar-refractivity contribution is 5.72. The van der Waals surface area contributed by atoms with Gasteiger partial charge in [-0.3, -0.25) is 14.4 Å². The van der Waals surface area contributed by atoms with E-state index in [4.69, 9.17) is 4.74 Å². The highest BCUT2D eigenvalue weighted by Crippen LogP contribution is 2.25. The third-order valence-electron chi connectivity index (χ3n) is 5.50. The number of nitrogens with zero attached hydrogens (tertiary/aromatic N) is 4. The third-order valence-corrected chi connectivity index (χ3v) is 5.50. The van der Waals surface area contributed by atoms with Crippen LogP contribution in [0.25, 0.3) is 11.0 Å². The van der Waals surface area contributed by atoms with Crippen LogP contribution in [-0.2, 0) is 18.3 Å². The van der Waals surface area contributed by atoms with Crippen LogP contribution in [0.5, 0.6) is 0 Å². The normalized spacial score (nSPS) is 21.2. The van der Waals surface area contributed by atoms with Gasteiger partial charge in [0.05, 0.1) is 24.9 Å². The number of rotatable bonds is 4. The lowest BCUT2D eigenvalue weighted by atomic mass is 9.97. The van der Waals surface area contributed by atoms with E-state index in [-0.39, 0.29) is 5.56 Å². The maximum Gasteiger partial charge on any atom is 0.262 e. The molecule has 0 bridgehead atoms. The molecule has 2 aliphatic rings. The number of nitrogens with one attached hydrogen (secondary N) is 1. The number of H-pyrrole nitrogens is 1. The second kappa shape index (κ2) is 7.25. The molecule has 0 atom stereocenters. The van der Waals surface area contributed by atoms with Gasteiger partial charge in [-0.2, -0.15) is 5.10 Å². The molecule has 0 spiro atoms. The molecule has 1 saturated carbocycles. The molecule has 1 aliphatic carbocycles. The van der Waals surface area contributed by atoms with E-state index < -0.39 is 0 Å². The number of piperidine rings is 1. The molecular weight excluding hydrogens is 318 g/mol. The number of aromatic amines is 1.